The number of benzene rings is 1. The summed E-state index contributed by atoms with van der Waals surface area (Å²) in [7, 11) is 2.19. The lowest BCUT2D eigenvalue weighted by Gasteiger charge is -2.33. The van der Waals surface area contributed by atoms with Gasteiger partial charge in [0.05, 0.1) is 11.6 Å². The van der Waals surface area contributed by atoms with E-state index in [1.165, 1.54) is 11.8 Å². The summed E-state index contributed by atoms with van der Waals surface area (Å²) in [6, 6.07) is 14.0. The number of nitrogens with one attached hydrogen (secondary N) is 1. The molecular formula is C21H27ClN4O. The molecule has 6 heteroatoms. The molecule has 144 valence electrons. The summed E-state index contributed by atoms with van der Waals surface area (Å²) in [6.07, 6.45) is 3.80. The second-order valence-electron chi connectivity index (χ2n) is 7.31. The first kappa shape index (κ1) is 19.8. The van der Waals surface area contributed by atoms with Gasteiger partial charge in [0, 0.05) is 19.3 Å². The largest absolute Gasteiger partial charge is 0.310 e. The summed E-state index contributed by atoms with van der Waals surface area (Å²) in [5.41, 5.74) is 1.35. The molecule has 0 atom stereocenters. The van der Waals surface area contributed by atoms with Gasteiger partial charge >= 0.3 is 0 Å². The van der Waals surface area contributed by atoms with Crippen molar-refractivity contribution in [1.82, 2.24) is 14.8 Å². The lowest BCUT2D eigenvalue weighted by Crippen LogP contribution is -2.41. The molecule has 0 radical (unpaired) electrons. The molecule has 0 bridgehead atoms. The Kier molecular flexibility index (Phi) is 7.21. The van der Waals surface area contributed by atoms with Gasteiger partial charge in [-0.3, -0.25) is 9.69 Å². The van der Waals surface area contributed by atoms with Crippen LogP contribution in [0.1, 0.15) is 18.4 Å². The van der Waals surface area contributed by atoms with E-state index in [2.05, 4.69) is 57.5 Å². The molecule has 5 nitrogen and oxygen atoms in total. The molecule has 27 heavy (non-hydrogen) atoms. The Labute approximate surface area is 166 Å². The van der Waals surface area contributed by atoms with Gasteiger partial charge in [-0.2, -0.15) is 0 Å². The van der Waals surface area contributed by atoms with Gasteiger partial charge < -0.3 is 10.2 Å². The summed E-state index contributed by atoms with van der Waals surface area (Å²) in [6.45, 7) is 4.43. The van der Waals surface area contributed by atoms with E-state index in [9.17, 15) is 4.79 Å². The number of pyridine rings is 1. The van der Waals surface area contributed by atoms with Crippen LogP contribution in [0.4, 0.5) is 5.82 Å². The van der Waals surface area contributed by atoms with Crippen molar-refractivity contribution in [2.75, 3.05) is 38.5 Å². The highest BCUT2D eigenvalue weighted by atomic mass is 35.5. The fourth-order valence-electron chi connectivity index (χ4n) is 3.56. The minimum Gasteiger partial charge on any atom is -0.310 e. The average molecular weight is 387 g/mol. The van der Waals surface area contributed by atoms with Crippen LogP contribution in [0.15, 0.2) is 48.7 Å². The molecule has 1 aromatic heterocycles. The third-order valence-corrected chi connectivity index (χ3v) is 5.16. The van der Waals surface area contributed by atoms with Crippen molar-refractivity contribution >= 4 is 23.3 Å². The third kappa shape index (κ3) is 6.61. The highest BCUT2D eigenvalue weighted by Crippen LogP contribution is 2.19. The first-order valence-electron chi connectivity index (χ1n) is 9.45. The van der Waals surface area contributed by atoms with Crippen LogP contribution in [-0.4, -0.2) is 53.9 Å². The molecule has 3 rings (SSSR count). The van der Waals surface area contributed by atoms with Gasteiger partial charge in [-0.05, 0) is 56.6 Å². The molecule has 0 unspecified atom stereocenters. The summed E-state index contributed by atoms with van der Waals surface area (Å²) in [5, 5.41) is 3.39. The van der Waals surface area contributed by atoms with Gasteiger partial charge in [-0.25, -0.2) is 4.98 Å². The van der Waals surface area contributed by atoms with Crippen molar-refractivity contribution in [2.24, 2.45) is 5.92 Å². The molecule has 1 saturated heterocycles. The SMILES string of the molecule is CN(Cc1ccccc1)CC1CCN(CC(=O)Nc2ccc(Cl)cn2)CC1. The van der Waals surface area contributed by atoms with Crippen LogP contribution in [0.2, 0.25) is 5.02 Å². The number of likely N-dealkylation sites (tertiary alicyclic amines) is 1. The Morgan fingerprint density at radius 2 is 1.96 bits per heavy atom. The van der Waals surface area contributed by atoms with Crippen molar-refractivity contribution in [3.8, 4) is 0 Å². The molecule has 1 aromatic carbocycles. The number of piperidine rings is 1. The van der Waals surface area contributed by atoms with Crippen LogP contribution in [-0.2, 0) is 11.3 Å². The summed E-state index contributed by atoms with van der Waals surface area (Å²) in [5.74, 6) is 1.21. The van der Waals surface area contributed by atoms with Crippen molar-refractivity contribution in [3.63, 3.8) is 0 Å². The molecule has 1 amide bonds. The maximum Gasteiger partial charge on any atom is 0.239 e. The zero-order valence-corrected chi connectivity index (χ0v) is 16.5. The third-order valence-electron chi connectivity index (χ3n) is 4.93. The van der Waals surface area contributed by atoms with Crippen molar-refractivity contribution in [2.45, 2.75) is 19.4 Å². The number of carbonyl (C=O) groups excluding carboxylic acids is 1. The Bertz CT molecular complexity index is 715. The summed E-state index contributed by atoms with van der Waals surface area (Å²) in [4.78, 5) is 20.9. The van der Waals surface area contributed by atoms with E-state index in [1.54, 1.807) is 12.1 Å². The maximum atomic E-state index is 12.2. The van der Waals surface area contributed by atoms with Crippen molar-refractivity contribution in [1.29, 1.82) is 0 Å². The lowest BCUT2D eigenvalue weighted by molar-refractivity contribution is -0.117. The molecule has 2 heterocycles. The predicted molar refractivity (Wildman–Crippen MR) is 110 cm³/mol. The van der Waals surface area contributed by atoms with E-state index >= 15 is 0 Å². The molecular weight excluding hydrogens is 360 g/mol. The van der Waals surface area contributed by atoms with E-state index in [0.29, 0.717) is 23.3 Å². The number of carbonyl (C=O) groups is 1. The van der Waals surface area contributed by atoms with Crippen LogP contribution >= 0.6 is 11.6 Å². The normalized spacial score (nSPS) is 15.8. The summed E-state index contributed by atoms with van der Waals surface area (Å²) >= 11 is 5.81. The fourth-order valence-corrected chi connectivity index (χ4v) is 3.67. The minimum atomic E-state index is -0.0236. The van der Waals surface area contributed by atoms with Gasteiger partial charge in [-0.1, -0.05) is 41.9 Å². The first-order chi connectivity index (χ1) is 13.1. The number of hydrogen-bond acceptors (Lipinski definition) is 4. The van der Waals surface area contributed by atoms with Gasteiger partial charge in [-0.15, -0.1) is 0 Å². The monoisotopic (exact) mass is 386 g/mol. The lowest BCUT2D eigenvalue weighted by atomic mass is 9.96. The summed E-state index contributed by atoms with van der Waals surface area (Å²) < 4.78 is 0. The van der Waals surface area contributed by atoms with E-state index in [0.717, 1.165) is 39.0 Å². The topological polar surface area (TPSA) is 48.5 Å². The highest BCUT2D eigenvalue weighted by molar-refractivity contribution is 6.30. The van der Waals surface area contributed by atoms with E-state index in [1.807, 2.05) is 0 Å². The fraction of sp³-hybridized carbons (Fsp3) is 0.429. The zero-order valence-electron chi connectivity index (χ0n) is 15.8. The molecule has 0 saturated carbocycles. The Morgan fingerprint density at radius 3 is 2.63 bits per heavy atom. The highest BCUT2D eigenvalue weighted by Gasteiger charge is 2.22. The number of anilines is 1. The number of rotatable bonds is 7. The minimum absolute atomic E-state index is 0.0236. The second-order valence-corrected chi connectivity index (χ2v) is 7.75. The van der Waals surface area contributed by atoms with Crippen LogP contribution in [0, 0.1) is 5.92 Å². The molecule has 0 spiro atoms. The number of aromatic nitrogens is 1. The van der Waals surface area contributed by atoms with Gasteiger partial charge in [0.1, 0.15) is 5.82 Å². The number of nitrogens with zero attached hydrogens (tertiary/aromatic N) is 3. The Morgan fingerprint density at radius 1 is 1.22 bits per heavy atom. The molecule has 1 aliphatic rings. The zero-order chi connectivity index (χ0) is 19.1. The van der Waals surface area contributed by atoms with Gasteiger partial charge in [0.2, 0.25) is 5.91 Å². The number of hydrogen-bond donors (Lipinski definition) is 1. The second kappa shape index (κ2) is 9.83. The smallest absolute Gasteiger partial charge is 0.239 e. The van der Waals surface area contributed by atoms with Crippen LogP contribution in [0.25, 0.3) is 0 Å². The predicted octanol–water partition coefficient (Wildman–Crippen LogP) is 3.52. The van der Waals surface area contributed by atoms with Crippen LogP contribution in [0.3, 0.4) is 0 Å². The van der Waals surface area contributed by atoms with E-state index in [4.69, 9.17) is 11.6 Å². The van der Waals surface area contributed by atoms with Gasteiger partial charge in [0.25, 0.3) is 0 Å². The van der Waals surface area contributed by atoms with Crippen LogP contribution < -0.4 is 5.32 Å². The van der Waals surface area contributed by atoms with Crippen molar-refractivity contribution in [3.05, 3.63) is 59.2 Å². The van der Waals surface area contributed by atoms with E-state index in [-0.39, 0.29) is 5.91 Å². The first-order valence-corrected chi connectivity index (χ1v) is 9.82. The molecule has 2 aromatic rings. The number of halogens is 1. The quantitative estimate of drug-likeness (QED) is 0.791. The Hall–Kier alpha value is -1.95. The molecule has 0 aliphatic carbocycles. The average Bonchev–Trinajstić information content (AvgIpc) is 2.66. The van der Waals surface area contributed by atoms with E-state index < -0.39 is 0 Å². The number of amides is 1. The van der Waals surface area contributed by atoms with Crippen molar-refractivity contribution < 1.29 is 4.79 Å². The van der Waals surface area contributed by atoms with Gasteiger partial charge in [0.15, 0.2) is 0 Å². The molecule has 1 aliphatic heterocycles. The molecule has 1 N–H and O–H groups in total. The molecule has 1 fully saturated rings. The standard InChI is InChI=1S/C21H27ClN4O/c1-25(14-17-5-3-2-4-6-17)15-18-9-11-26(12-10-18)16-21(27)24-20-8-7-19(22)13-23-20/h2-8,13,18H,9-12,14-16H2,1H3,(H,23,24,27). The van der Waals surface area contributed by atoms with Crippen LogP contribution in [0.5, 0.6) is 0 Å². The Balaban J connectivity index is 1.37. The maximum absolute atomic E-state index is 12.2.